The van der Waals surface area contributed by atoms with Crippen LogP contribution in [0.4, 0.5) is 0 Å². The highest BCUT2D eigenvalue weighted by Crippen LogP contribution is 2.22. The number of amides is 2. The molecule has 3 rings (SSSR count). The number of aryl methyl sites for hydroxylation is 1. The molecule has 0 aliphatic carbocycles. The van der Waals surface area contributed by atoms with Crippen molar-refractivity contribution in [2.24, 2.45) is 0 Å². The van der Waals surface area contributed by atoms with Gasteiger partial charge < -0.3 is 15.0 Å². The van der Waals surface area contributed by atoms with Crippen LogP contribution in [0.3, 0.4) is 0 Å². The Morgan fingerprint density at radius 3 is 2.31 bits per heavy atom. The minimum Gasteiger partial charge on any atom is -0.484 e. The van der Waals surface area contributed by atoms with Gasteiger partial charge in [0, 0.05) is 24.0 Å². The fraction of sp³-hybridized carbons (Fsp3) is 0.310. The average molecular weight is 493 g/mol. The second kappa shape index (κ2) is 13.0. The van der Waals surface area contributed by atoms with E-state index in [-0.39, 0.29) is 31.0 Å². The lowest BCUT2D eigenvalue weighted by atomic mass is 10.0. The van der Waals surface area contributed by atoms with Gasteiger partial charge in [-0.05, 0) is 49.1 Å². The van der Waals surface area contributed by atoms with Crippen molar-refractivity contribution in [3.63, 3.8) is 0 Å². The first-order chi connectivity index (χ1) is 16.9. The van der Waals surface area contributed by atoms with E-state index >= 15 is 0 Å². The summed E-state index contributed by atoms with van der Waals surface area (Å²) in [5.74, 6) is 0.162. The smallest absolute Gasteiger partial charge is 0.261 e. The van der Waals surface area contributed by atoms with E-state index in [1.54, 1.807) is 11.0 Å². The van der Waals surface area contributed by atoms with Gasteiger partial charge in [-0.25, -0.2) is 0 Å². The summed E-state index contributed by atoms with van der Waals surface area (Å²) in [6.45, 7) is 5.91. The standard InChI is InChI=1S/C29H33ClN2O3/c1-4-22(3)31-29(34)26(18-23-13-6-5-7-14-23)32(19-24-15-9-10-16-25(24)30)28(33)20-35-27-17-11-8-12-21(27)2/h5-17,22,26H,4,18-20H2,1-3H3,(H,31,34)/t22-,26+/m1/s1. The summed E-state index contributed by atoms with van der Waals surface area (Å²) in [5, 5.41) is 3.61. The molecule has 3 aromatic carbocycles. The number of halogens is 1. The molecule has 184 valence electrons. The lowest BCUT2D eigenvalue weighted by Gasteiger charge is -2.32. The van der Waals surface area contributed by atoms with E-state index in [0.717, 1.165) is 23.1 Å². The van der Waals surface area contributed by atoms with Crippen LogP contribution in [0.5, 0.6) is 5.75 Å². The molecule has 2 amide bonds. The zero-order chi connectivity index (χ0) is 25.2. The first-order valence-electron chi connectivity index (χ1n) is 11.9. The van der Waals surface area contributed by atoms with E-state index < -0.39 is 6.04 Å². The van der Waals surface area contributed by atoms with E-state index in [2.05, 4.69) is 5.32 Å². The first-order valence-corrected chi connectivity index (χ1v) is 12.3. The van der Waals surface area contributed by atoms with Gasteiger partial charge in [-0.3, -0.25) is 9.59 Å². The van der Waals surface area contributed by atoms with Crippen molar-refractivity contribution in [2.45, 2.75) is 52.2 Å². The maximum Gasteiger partial charge on any atom is 0.261 e. The van der Waals surface area contributed by atoms with E-state index in [1.807, 2.05) is 93.6 Å². The van der Waals surface area contributed by atoms with E-state index in [1.165, 1.54) is 0 Å². The number of nitrogens with zero attached hydrogens (tertiary/aromatic N) is 1. The number of hydrogen-bond acceptors (Lipinski definition) is 3. The Morgan fingerprint density at radius 2 is 1.63 bits per heavy atom. The molecule has 0 unspecified atom stereocenters. The van der Waals surface area contributed by atoms with Crippen molar-refractivity contribution in [1.29, 1.82) is 0 Å². The zero-order valence-corrected chi connectivity index (χ0v) is 21.3. The van der Waals surface area contributed by atoms with Crippen LogP contribution in [-0.4, -0.2) is 35.4 Å². The number of carbonyl (C=O) groups is 2. The van der Waals surface area contributed by atoms with Crippen molar-refractivity contribution in [1.82, 2.24) is 10.2 Å². The van der Waals surface area contributed by atoms with Crippen LogP contribution in [-0.2, 0) is 22.6 Å². The third-order valence-corrected chi connectivity index (χ3v) is 6.38. The molecule has 1 N–H and O–H groups in total. The summed E-state index contributed by atoms with van der Waals surface area (Å²) < 4.78 is 5.87. The minimum absolute atomic E-state index is 0.0127. The summed E-state index contributed by atoms with van der Waals surface area (Å²) in [6, 6.07) is 23.9. The highest BCUT2D eigenvalue weighted by molar-refractivity contribution is 6.31. The van der Waals surface area contributed by atoms with Crippen LogP contribution in [0.2, 0.25) is 5.02 Å². The Hall–Kier alpha value is -3.31. The fourth-order valence-electron chi connectivity index (χ4n) is 3.75. The molecule has 0 bridgehead atoms. The van der Waals surface area contributed by atoms with Gasteiger partial charge in [-0.15, -0.1) is 0 Å². The number of benzene rings is 3. The predicted molar refractivity (Wildman–Crippen MR) is 141 cm³/mol. The molecule has 0 aromatic heterocycles. The van der Waals surface area contributed by atoms with Gasteiger partial charge in [0.25, 0.3) is 5.91 Å². The van der Waals surface area contributed by atoms with Gasteiger partial charge in [0.05, 0.1) is 0 Å². The number of carbonyl (C=O) groups excluding carboxylic acids is 2. The molecule has 0 aliphatic heterocycles. The minimum atomic E-state index is -0.726. The monoisotopic (exact) mass is 492 g/mol. The van der Waals surface area contributed by atoms with Gasteiger partial charge >= 0.3 is 0 Å². The van der Waals surface area contributed by atoms with Crippen molar-refractivity contribution in [3.8, 4) is 5.75 Å². The highest BCUT2D eigenvalue weighted by Gasteiger charge is 2.31. The Balaban J connectivity index is 1.93. The summed E-state index contributed by atoms with van der Waals surface area (Å²) in [6.07, 6.45) is 1.17. The number of rotatable bonds is 11. The molecule has 0 saturated carbocycles. The maximum atomic E-state index is 13.6. The zero-order valence-electron chi connectivity index (χ0n) is 20.5. The lowest BCUT2D eigenvalue weighted by Crippen LogP contribution is -2.53. The molecule has 5 nitrogen and oxygen atoms in total. The van der Waals surface area contributed by atoms with Gasteiger partial charge in [-0.1, -0.05) is 85.3 Å². The topological polar surface area (TPSA) is 58.6 Å². The molecule has 3 aromatic rings. The Labute approximate surface area is 213 Å². The highest BCUT2D eigenvalue weighted by atomic mass is 35.5. The van der Waals surface area contributed by atoms with Crippen LogP contribution >= 0.6 is 11.6 Å². The van der Waals surface area contributed by atoms with Crippen LogP contribution < -0.4 is 10.1 Å². The largest absolute Gasteiger partial charge is 0.484 e. The number of nitrogens with one attached hydrogen (secondary N) is 1. The molecular formula is C29H33ClN2O3. The molecule has 6 heteroatoms. The van der Waals surface area contributed by atoms with Crippen molar-refractivity contribution >= 4 is 23.4 Å². The van der Waals surface area contributed by atoms with Crippen LogP contribution in [0, 0.1) is 6.92 Å². The molecule has 0 saturated heterocycles. The SMILES string of the molecule is CC[C@@H](C)NC(=O)[C@H](Cc1ccccc1)N(Cc1ccccc1Cl)C(=O)COc1ccccc1C. The van der Waals surface area contributed by atoms with Gasteiger partial charge in [-0.2, -0.15) is 0 Å². The first kappa shape index (κ1) is 26.3. The second-order valence-corrected chi connectivity index (χ2v) is 9.10. The molecule has 0 aliphatic rings. The third kappa shape index (κ3) is 7.59. The number of ether oxygens (including phenoxy) is 1. The normalized spacial score (nSPS) is 12.5. The van der Waals surface area contributed by atoms with Crippen molar-refractivity contribution in [2.75, 3.05) is 6.61 Å². The predicted octanol–water partition coefficient (Wildman–Crippen LogP) is 5.58. The Morgan fingerprint density at radius 1 is 0.971 bits per heavy atom. The second-order valence-electron chi connectivity index (χ2n) is 8.69. The van der Waals surface area contributed by atoms with Gasteiger partial charge in [0.2, 0.25) is 5.91 Å². The molecule has 2 atom stereocenters. The lowest BCUT2D eigenvalue weighted by molar-refractivity contribution is -0.143. The Bertz CT molecular complexity index is 1120. The quantitative estimate of drug-likeness (QED) is 0.380. The molecule has 0 fully saturated rings. The summed E-state index contributed by atoms with van der Waals surface area (Å²) >= 11 is 6.45. The summed E-state index contributed by atoms with van der Waals surface area (Å²) in [7, 11) is 0. The number of hydrogen-bond donors (Lipinski definition) is 1. The fourth-order valence-corrected chi connectivity index (χ4v) is 3.94. The summed E-state index contributed by atoms with van der Waals surface area (Å²) in [5.41, 5.74) is 2.68. The molecule has 0 spiro atoms. The Kier molecular flexibility index (Phi) is 9.74. The molecule has 35 heavy (non-hydrogen) atoms. The van der Waals surface area contributed by atoms with E-state index in [9.17, 15) is 9.59 Å². The maximum absolute atomic E-state index is 13.6. The van der Waals surface area contributed by atoms with Gasteiger partial charge in [0.1, 0.15) is 11.8 Å². The summed E-state index contributed by atoms with van der Waals surface area (Å²) in [4.78, 5) is 28.7. The molecule has 0 heterocycles. The van der Waals surface area contributed by atoms with E-state index in [4.69, 9.17) is 16.3 Å². The van der Waals surface area contributed by atoms with Crippen LogP contribution in [0.1, 0.15) is 37.0 Å². The van der Waals surface area contributed by atoms with Crippen molar-refractivity contribution in [3.05, 3.63) is 101 Å². The number of para-hydroxylation sites is 1. The van der Waals surface area contributed by atoms with Gasteiger partial charge in [0.15, 0.2) is 6.61 Å². The average Bonchev–Trinajstić information content (AvgIpc) is 2.87. The third-order valence-electron chi connectivity index (χ3n) is 6.02. The molecule has 0 radical (unpaired) electrons. The van der Waals surface area contributed by atoms with Crippen LogP contribution in [0.15, 0.2) is 78.9 Å². The van der Waals surface area contributed by atoms with Crippen molar-refractivity contribution < 1.29 is 14.3 Å². The van der Waals surface area contributed by atoms with E-state index in [0.29, 0.717) is 17.2 Å². The molecular weight excluding hydrogens is 460 g/mol. The van der Waals surface area contributed by atoms with Crippen LogP contribution in [0.25, 0.3) is 0 Å².